The van der Waals surface area contributed by atoms with E-state index in [-0.39, 0.29) is 11.2 Å². The van der Waals surface area contributed by atoms with Gasteiger partial charge in [-0.25, -0.2) is 0 Å². The van der Waals surface area contributed by atoms with Crippen LogP contribution in [0.15, 0.2) is 0 Å². The molecule has 1 heterocycles. The number of rotatable bonds is 7. The number of nitrogens with two attached hydrogens (primary N) is 1. The number of likely N-dealkylation sites (N-methyl/N-ethyl adjacent to an activating group) is 1. The molecule has 0 aliphatic heterocycles. The number of nitrogen functional groups attached to an aromatic ring is 1. The topological polar surface area (TPSA) is 80.0 Å². The van der Waals surface area contributed by atoms with Gasteiger partial charge in [0.15, 0.2) is 0 Å². The minimum absolute atomic E-state index is 0.112. The Bertz CT molecular complexity index is 325. The molecular formula is C10H19ClN6. The van der Waals surface area contributed by atoms with Crippen molar-refractivity contribution in [2.24, 2.45) is 0 Å². The molecule has 0 atom stereocenters. The molecule has 17 heavy (non-hydrogen) atoms. The van der Waals surface area contributed by atoms with Gasteiger partial charge in [0, 0.05) is 13.1 Å². The Morgan fingerprint density at radius 2 is 2.00 bits per heavy atom. The molecule has 1 rings (SSSR count). The summed E-state index contributed by atoms with van der Waals surface area (Å²) in [5, 5.41) is 3.19. The summed E-state index contributed by atoms with van der Waals surface area (Å²) in [6.45, 7) is 8.14. The van der Waals surface area contributed by atoms with Crippen molar-refractivity contribution in [1.29, 1.82) is 0 Å². The molecule has 1 aromatic heterocycles. The summed E-state index contributed by atoms with van der Waals surface area (Å²) in [5.41, 5.74) is 5.47. The third-order valence-electron chi connectivity index (χ3n) is 2.32. The molecule has 0 saturated carbocycles. The molecule has 96 valence electrons. The summed E-state index contributed by atoms with van der Waals surface area (Å²) >= 11 is 5.68. The zero-order chi connectivity index (χ0) is 12.7. The van der Waals surface area contributed by atoms with Crippen LogP contribution in [0.2, 0.25) is 5.28 Å². The van der Waals surface area contributed by atoms with Crippen molar-refractivity contribution in [2.45, 2.75) is 20.3 Å². The SMILES string of the molecule is CCCN(CC)CCNc1nc(N)nc(Cl)n1. The average molecular weight is 259 g/mol. The zero-order valence-corrected chi connectivity index (χ0v) is 11.0. The lowest BCUT2D eigenvalue weighted by atomic mass is 10.4. The molecule has 0 spiro atoms. The van der Waals surface area contributed by atoms with E-state index in [1.54, 1.807) is 0 Å². The highest BCUT2D eigenvalue weighted by Gasteiger charge is 2.03. The Labute approximate surface area is 107 Å². The van der Waals surface area contributed by atoms with Gasteiger partial charge >= 0.3 is 0 Å². The third kappa shape index (κ3) is 5.14. The normalized spacial score (nSPS) is 10.8. The van der Waals surface area contributed by atoms with Gasteiger partial charge in [-0.15, -0.1) is 0 Å². The number of halogens is 1. The number of anilines is 2. The molecule has 3 N–H and O–H groups in total. The fourth-order valence-electron chi connectivity index (χ4n) is 1.51. The maximum Gasteiger partial charge on any atom is 0.228 e. The number of aromatic nitrogens is 3. The van der Waals surface area contributed by atoms with Crippen LogP contribution in [0, 0.1) is 0 Å². The molecule has 0 aliphatic rings. The molecule has 0 aromatic carbocycles. The van der Waals surface area contributed by atoms with Gasteiger partial charge in [-0.3, -0.25) is 0 Å². The molecule has 0 amide bonds. The first kappa shape index (κ1) is 13.9. The molecular weight excluding hydrogens is 240 g/mol. The van der Waals surface area contributed by atoms with Crippen molar-refractivity contribution >= 4 is 23.5 Å². The lowest BCUT2D eigenvalue weighted by molar-refractivity contribution is 0.300. The predicted octanol–water partition coefficient (Wildman–Crippen LogP) is 1.25. The Hall–Kier alpha value is -1.14. The standard InChI is InChI=1S/C10H19ClN6/c1-3-6-17(4-2)7-5-13-10-15-8(11)14-9(12)16-10/h3-7H2,1-2H3,(H3,12,13,14,15,16). The van der Waals surface area contributed by atoms with Crippen LogP contribution in [0.25, 0.3) is 0 Å². The molecule has 0 aliphatic carbocycles. The Balaban J connectivity index is 2.39. The molecule has 1 aromatic rings. The van der Waals surface area contributed by atoms with Crippen LogP contribution in [0.5, 0.6) is 0 Å². The van der Waals surface area contributed by atoms with Crippen molar-refractivity contribution in [1.82, 2.24) is 19.9 Å². The van der Waals surface area contributed by atoms with Crippen LogP contribution in [0.1, 0.15) is 20.3 Å². The van der Waals surface area contributed by atoms with E-state index in [0.717, 1.165) is 32.6 Å². The van der Waals surface area contributed by atoms with E-state index in [9.17, 15) is 0 Å². The average Bonchev–Trinajstić information content (AvgIpc) is 2.26. The van der Waals surface area contributed by atoms with Gasteiger partial charge in [0.25, 0.3) is 0 Å². The zero-order valence-electron chi connectivity index (χ0n) is 10.3. The highest BCUT2D eigenvalue weighted by atomic mass is 35.5. The summed E-state index contributed by atoms with van der Waals surface area (Å²) in [4.78, 5) is 13.9. The second-order valence-electron chi connectivity index (χ2n) is 3.65. The molecule has 0 fully saturated rings. The number of nitrogens with zero attached hydrogens (tertiary/aromatic N) is 4. The first-order chi connectivity index (χ1) is 8.15. The molecule has 0 bridgehead atoms. The predicted molar refractivity (Wildman–Crippen MR) is 70.1 cm³/mol. The molecule has 0 unspecified atom stereocenters. The monoisotopic (exact) mass is 258 g/mol. The van der Waals surface area contributed by atoms with Gasteiger partial charge in [0.05, 0.1) is 0 Å². The number of hydrogen-bond acceptors (Lipinski definition) is 6. The molecule has 0 radical (unpaired) electrons. The van der Waals surface area contributed by atoms with Gasteiger partial charge < -0.3 is 16.0 Å². The van der Waals surface area contributed by atoms with E-state index in [4.69, 9.17) is 17.3 Å². The summed E-state index contributed by atoms with van der Waals surface area (Å²) in [6, 6.07) is 0. The van der Waals surface area contributed by atoms with Crippen molar-refractivity contribution < 1.29 is 0 Å². The van der Waals surface area contributed by atoms with Crippen LogP contribution in [0.3, 0.4) is 0 Å². The van der Waals surface area contributed by atoms with Crippen molar-refractivity contribution in [3.63, 3.8) is 0 Å². The van der Waals surface area contributed by atoms with Crippen LogP contribution in [-0.2, 0) is 0 Å². The summed E-state index contributed by atoms with van der Waals surface area (Å²) < 4.78 is 0. The van der Waals surface area contributed by atoms with E-state index >= 15 is 0 Å². The smallest absolute Gasteiger partial charge is 0.228 e. The van der Waals surface area contributed by atoms with Gasteiger partial charge in [-0.1, -0.05) is 13.8 Å². The highest BCUT2D eigenvalue weighted by molar-refractivity contribution is 6.28. The first-order valence-electron chi connectivity index (χ1n) is 5.79. The lowest BCUT2D eigenvalue weighted by Crippen LogP contribution is -2.30. The maximum atomic E-state index is 5.68. The fraction of sp³-hybridized carbons (Fsp3) is 0.700. The third-order valence-corrected chi connectivity index (χ3v) is 2.49. The Morgan fingerprint density at radius 1 is 1.24 bits per heavy atom. The Morgan fingerprint density at radius 3 is 2.59 bits per heavy atom. The minimum atomic E-state index is 0.112. The van der Waals surface area contributed by atoms with Crippen molar-refractivity contribution in [2.75, 3.05) is 37.2 Å². The summed E-state index contributed by atoms with van der Waals surface area (Å²) in [6.07, 6.45) is 1.15. The highest BCUT2D eigenvalue weighted by Crippen LogP contribution is 2.06. The number of nitrogens with one attached hydrogen (secondary N) is 1. The van der Waals surface area contributed by atoms with Gasteiger partial charge in [-0.05, 0) is 31.1 Å². The molecule has 6 nitrogen and oxygen atoms in total. The van der Waals surface area contributed by atoms with Gasteiger partial charge in [0.2, 0.25) is 17.2 Å². The minimum Gasteiger partial charge on any atom is -0.368 e. The van der Waals surface area contributed by atoms with E-state index in [2.05, 4.69) is 39.0 Å². The first-order valence-corrected chi connectivity index (χ1v) is 6.16. The second kappa shape index (κ2) is 7.24. The van der Waals surface area contributed by atoms with Crippen molar-refractivity contribution in [3.8, 4) is 0 Å². The molecule has 0 saturated heterocycles. The maximum absolute atomic E-state index is 5.68. The number of hydrogen-bond donors (Lipinski definition) is 2. The van der Waals surface area contributed by atoms with E-state index in [1.165, 1.54) is 0 Å². The Kier molecular flexibility index (Phi) is 5.93. The second-order valence-corrected chi connectivity index (χ2v) is 3.99. The van der Waals surface area contributed by atoms with E-state index < -0.39 is 0 Å². The van der Waals surface area contributed by atoms with Crippen molar-refractivity contribution in [3.05, 3.63) is 5.28 Å². The quantitative estimate of drug-likeness (QED) is 0.766. The summed E-state index contributed by atoms with van der Waals surface area (Å²) in [7, 11) is 0. The van der Waals surface area contributed by atoms with Crippen LogP contribution < -0.4 is 11.1 Å². The fourth-order valence-corrected chi connectivity index (χ4v) is 1.68. The van der Waals surface area contributed by atoms with Gasteiger partial charge in [0.1, 0.15) is 0 Å². The van der Waals surface area contributed by atoms with E-state index in [1.807, 2.05) is 0 Å². The van der Waals surface area contributed by atoms with Crippen LogP contribution >= 0.6 is 11.6 Å². The van der Waals surface area contributed by atoms with Crippen LogP contribution in [-0.4, -0.2) is 46.0 Å². The van der Waals surface area contributed by atoms with E-state index in [0.29, 0.717) is 5.95 Å². The van der Waals surface area contributed by atoms with Crippen LogP contribution in [0.4, 0.5) is 11.9 Å². The largest absolute Gasteiger partial charge is 0.368 e. The lowest BCUT2D eigenvalue weighted by Gasteiger charge is -2.19. The summed E-state index contributed by atoms with van der Waals surface area (Å²) in [5.74, 6) is 0.559. The van der Waals surface area contributed by atoms with Gasteiger partial charge in [-0.2, -0.15) is 15.0 Å². The molecule has 7 heteroatoms.